The van der Waals surface area contributed by atoms with Crippen molar-refractivity contribution < 1.29 is 4.79 Å². The van der Waals surface area contributed by atoms with Crippen LogP contribution in [0.25, 0.3) is 11.0 Å². The molecular formula is C14H18N4O3. The second kappa shape index (κ2) is 5.23. The fourth-order valence-electron chi connectivity index (χ4n) is 3.07. The van der Waals surface area contributed by atoms with E-state index in [1.807, 2.05) is 0 Å². The minimum absolute atomic E-state index is 0.0949. The molecule has 0 spiro atoms. The van der Waals surface area contributed by atoms with E-state index in [2.05, 4.69) is 15.3 Å². The van der Waals surface area contributed by atoms with E-state index in [4.69, 9.17) is 0 Å². The van der Waals surface area contributed by atoms with Crippen LogP contribution >= 0.6 is 0 Å². The molecule has 0 bridgehead atoms. The molecule has 0 radical (unpaired) electrons. The van der Waals surface area contributed by atoms with Crippen LogP contribution in [0.3, 0.4) is 0 Å². The molecule has 0 unspecified atom stereocenters. The minimum atomic E-state index is -0.478. The van der Waals surface area contributed by atoms with Crippen molar-refractivity contribution in [1.29, 1.82) is 0 Å². The zero-order valence-electron chi connectivity index (χ0n) is 11.9. The predicted molar refractivity (Wildman–Crippen MR) is 78.7 cm³/mol. The Morgan fingerprint density at radius 2 is 1.86 bits per heavy atom. The van der Waals surface area contributed by atoms with E-state index < -0.39 is 5.69 Å². The second-order valence-electron chi connectivity index (χ2n) is 5.46. The Labute approximate surface area is 120 Å². The number of nitrogens with zero attached hydrogens (tertiary/aromatic N) is 1. The highest BCUT2D eigenvalue weighted by Gasteiger charge is 2.22. The van der Waals surface area contributed by atoms with Crippen LogP contribution in [-0.4, -0.2) is 27.5 Å². The molecule has 1 fully saturated rings. The number of imidazole rings is 1. The maximum atomic E-state index is 12.5. The number of H-pyrrole nitrogens is 2. The van der Waals surface area contributed by atoms with Crippen molar-refractivity contribution in [2.24, 2.45) is 0 Å². The third kappa shape index (κ3) is 2.28. The van der Waals surface area contributed by atoms with Crippen LogP contribution in [0.15, 0.2) is 15.8 Å². The average molecular weight is 290 g/mol. The number of carbonyl (C=O) groups excluding carboxylic acids is 1. The van der Waals surface area contributed by atoms with E-state index in [1.54, 1.807) is 10.8 Å². The van der Waals surface area contributed by atoms with Crippen LogP contribution in [0.2, 0.25) is 0 Å². The summed E-state index contributed by atoms with van der Waals surface area (Å²) in [6, 6.07) is 0.0949. The largest absolute Gasteiger partial charge is 0.355 e. The van der Waals surface area contributed by atoms with Gasteiger partial charge in [0.1, 0.15) is 5.52 Å². The van der Waals surface area contributed by atoms with E-state index in [0.717, 1.165) is 25.7 Å². The fourth-order valence-corrected chi connectivity index (χ4v) is 3.07. The second-order valence-corrected chi connectivity index (χ2v) is 5.46. The third-order valence-corrected chi connectivity index (χ3v) is 4.15. The number of hydrogen-bond acceptors (Lipinski definition) is 3. The maximum Gasteiger partial charge on any atom is 0.323 e. The van der Waals surface area contributed by atoms with E-state index >= 15 is 0 Å². The Hall–Kier alpha value is -2.31. The first-order valence-corrected chi connectivity index (χ1v) is 7.21. The van der Waals surface area contributed by atoms with Crippen molar-refractivity contribution in [2.45, 2.75) is 38.1 Å². The van der Waals surface area contributed by atoms with Gasteiger partial charge in [-0.3, -0.25) is 9.59 Å². The Bertz CT molecular complexity index is 793. The van der Waals surface area contributed by atoms with Gasteiger partial charge in [0.15, 0.2) is 0 Å². The summed E-state index contributed by atoms with van der Waals surface area (Å²) in [7, 11) is 1.52. The van der Waals surface area contributed by atoms with Crippen molar-refractivity contribution in [3.63, 3.8) is 0 Å². The Morgan fingerprint density at radius 1 is 1.19 bits per heavy atom. The Kier molecular flexibility index (Phi) is 3.40. The van der Waals surface area contributed by atoms with E-state index in [-0.39, 0.29) is 28.5 Å². The Morgan fingerprint density at radius 3 is 2.52 bits per heavy atom. The number of fused-ring (bicyclic) bond motifs is 1. The summed E-state index contributed by atoms with van der Waals surface area (Å²) in [5.41, 5.74) is 0.0376. The van der Waals surface area contributed by atoms with Gasteiger partial charge in [0.2, 0.25) is 0 Å². The highest BCUT2D eigenvalue weighted by molar-refractivity contribution is 6.04. The van der Waals surface area contributed by atoms with E-state index in [0.29, 0.717) is 5.56 Å². The zero-order valence-corrected chi connectivity index (χ0v) is 11.9. The van der Waals surface area contributed by atoms with Crippen LogP contribution in [0, 0.1) is 0 Å². The molecule has 1 saturated carbocycles. The van der Waals surface area contributed by atoms with Gasteiger partial charge in [-0.15, -0.1) is 0 Å². The lowest BCUT2D eigenvalue weighted by atomic mass is 9.95. The molecule has 3 N–H and O–H groups in total. The number of carbonyl (C=O) groups is 1. The summed E-state index contributed by atoms with van der Waals surface area (Å²) in [5, 5.41) is 2.54. The van der Waals surface area contributed by atoms with Gasteiger partial charge in [-0.25, -0.2) is 4.79 Å². The van der Waals surface area contributed by atoms with Crippen LogP contribution in [0.5, 0.6) is 0 Å². The van der Waals surface area contributed by atoms with Gasteiger partial charge in [0, 0.05) is 19.3 Å². The van der Waals surface area contributed by atoms with Crippen LogP contribution < -0.4 is 16.6 Å². The highest BCUT2D eigenvalue weighted by Crippen LogP contribution is 2.27. The number of rotatable bonds is 2. The standard InChI is InChI=1S/C14H18N4O3/c1-15-12(19)9-7-18(8-5-3-2-4-6-8)13(20)11-10(9)16-14(21)17-11/h7-8H,2-6H2,1H3,(H,15,19)(H2,16,17,21). The number of nitrogens with one attached hydrogen (secondary N) is 3. The molecule has 7 heteroatoms. The number of aromatic nitrogens is 3. The molecule has 112 valence electrons. The first-order chi connectivity index (χ1) is 10.1. The molecule has 2 aromatic heterocycles. The topological polar surface area (TPSA) is 99.8 Å². The highest BCUT2D eigenvalue weighted by atomic mass is 16.2. The van der Waals surface area contributed by atoms with E-state index in [9.17, 15) is 14.4 Å². The number of pyridine rings is 1. The minimum Gasteiger partial charge on any atom is -0.355 e. The smallest absolute Gasteiger partial charge is 0.323 e. The van der Waals surface area contributed by atoms with Crippen LogP contribution in [0.1, 0.15) is 48.5 Å². The summed E-state index contributed by atoms with van der Waals surface area (Å²) >= 11 is 0. The molecule has 2 aromatic rings. The molecule has 21 heavy (non-hydrogen) atoms. The average Bonchev–Trinajstić information content (AvgIpc) is 2.90. The molecule has 7 nitrogen and oxygen atoms in total. The lowest BCUT2D eigenvalue weighted by Gasteiger charge is -2.24. The van der Waals surface area contributed by atoms with Crippen molar-refractivity contribution in [2.75, 3.05) is 7.05 Å². The normalized spacial score (nSPS) is 16.2. The molecule has 3 rings (SSSR count). The van der Waals surface area contributed by atoms with Crippen LogP contribution in [-0.2, 0) is 0 Å². The molecule has 1 aliphatic carbocycles. The molecule has 0 aromatic carbocycles. The summed E-state index contributed by atoms with van der Waals surface area (Å²) in [4.78, 5) is 41.1. The lowest BCUT2D eigenvalue weighted by Crippen LogP contribution is -2.29. The zero-order chi connectivity index (χ0) is 15.0. The number of aromatic amines is 2. The van der Waals surface area contributed by atoms with Crippen molar-refractivity contribution in [3.05, 3.63) is 32.6 Å². The van der Waals surface area contributed by atoms with Gasteiger partial charge in [0.05, 0.1) is 11.1 Å². The molecule has 0 aliphatic heterocycles. The van der Waals surface area contributed by atoms with Crippen LogP contribution in [0.4, 0.5) is 0 Å². The SMILES string of the molecule is CNC(=O)c1cn(C2CCCCC2)c(=O)c2[nH]c(=O)[nH]c12. The van der Waals surface area contributed by atoms with Gasteiger partial charge in [-0.2, -0.15) is 0 Å². The molecule has 0 saturated heterocycles. The summed E-state index contributed by atoms with van der Waals surface area (Å²) in [6.45, 7) is 0. The van der Waals surface area contributed by atoms with Crippen molar-refractivity contribution >= 4 is 16.9 Å². The fraction of sp³-hybridized carbons (Fsp3) is 0.500. The van der Waals surface area contributed by atoms with Gasteiger partial charge < -0.3 is 19.9 Å². The van der Waals surface area contributed by atoms with Gasteiger partial charge in [-0.1, -0.05) is 19.3 Å². The third-order valence-electron chi connectivity index (χ3n) is 4.15. The molecular weight excluding hydrogens is 272 g/mol. The maximum absolute atomic E-state index is 12.5. The van der Waals surface area contributed by atoms with Gasteiger partial charge in [-0.05, 0) is 12.8 Å². The van der Waals surface area contributed by atoms with E-state index in [1.165, 1.54) is 13.5 Å². The van der Waals surface area contributed by atoms with Gasteiger partial charge >= 0.3 is 5.69 Å². The summed E-state index contributed by atoms with van der Waals surface area (Å²) in [5.74, 6) is -0.320. The number of amides is 1. The lowest BCUT2D eigenvalue weighted by molar-refractivity contribution is 0.0963. The first-order valence-electron chi connectivity index (χ1n) is 7.21. The monoisotopic (exact) mass is 290 g/mol. The van der Waals surface area contributed by atoms with Gasteiger partial charge in [0.25, 0.3) is 11.5 Å². The summed E-state index contributed by atoms with van der Waals surface area (Å²) in [6.07, 6.45) is 6.75. The predicted octanol–water partition coefficient (Wildman–Crippen LogP) is 0.883. The molecule has 2 heterocycles. The molecule has 0 atom stereocenters. The summed E-state index contributed by atoms with van der Waals surface area (Å²) < 4.78 is 1.61. The van der Waals surface area contributed by atoms with Crippen molar-refractivity contribution in [3.8, 4) is 0 Å². The van der Waals surface area contributed by atoms with Crippen molar-refractivity contribution in [1.82, 2.24) is 19.9 Å². The quantitative estimate of drug-likeness (QED) is 0.765. The molecule has 1 aliphatic rings. The Balaban J connectivity index is 2.25. The first kappa shape index (κ1) is 13.7. The molecule has 1 amide bonds. The number of hydrogen-bond donors (Lipinski definition) is 3.